The smallest absolute Gasteiger partial charge is 0.0558 e. The minimum absolute atomic E-state index is 0.248. The van der Waals surface area contributed by atoms with Crippen LogP contribution in [0.5, 0.6) is 0 Å². The van der Waals surface area contributed by atoms with Crippen molar-refractivity contribution in [3.8, 4) is 0 Å². The zero-order valence-electron chi connectivity index (χ0n) is 14.5. The van der Waals surface area contributed by atoms with Crippen LogP contribution in [-0.4, -0.2) is 53.9 Å². The first kappa shape index (κ1) is 16.2. The Morgan fingerprint density at radius 1 is 0.840 bits per heavy atom. The third kappa shape index (κ3) is 3.41. The summed E-state index contributed by atoms with van der Waals surface area (Å²) in [5, 5.41) is 10.4. The van der Waals surface area contributed by atoms with Gasteiger partial charge in [0.2, 0.25) is 0 Å². The van der Waals surface area contributed by atoms with Gasteiger partial charge in [-0.1, -0.05) is 36.4 Å². The maximum absolute atomic E-state index is 9.11. The molecule has 0 unspecified atom stereocenters. The Morgan fingerprint density at radius 2 is 1.64 bits per heavy atom. The monoisotopic (exact) mass is 335 g/mol. The number of hydrogen-bond acceptors (Lipinski definition) is 3. The lowest BCUT2D eigenvalue weighted by molar-refractivity contribution is 0.189. The predicted octanol–water partition coefficient (Wildman–Crippen LogP) is 2.80. The van der Waals surface area contributed by atoms with Crippen molar-refractivity contribution < 1.29 is 5.11 Å². The summed E-state index contributed by atoms with van der Waals surface area (Å²) in [5.74, 6) is 0. The molecular formula is C21H25N3O. The van der Waals surface area contributed by atoms with Crippen LogP contribution in [0.15, 0.2) is 60.8 Å². The molecule has 3 aromatic rings. The third-order valence-electron chi connectivity index (χ3n) is 5.12. The summed E-state index contributed by atoms with van der Waals surface area (Å²) in [6.45, 7) is 6.00. The normalized spacial score (nSPS) is 15.8. The molecule has 1 saturated heterocycles. The maximum Gasteiger partial charge on any atom is 0.0558 e. The van der Waals surface area contributed by atoms with E-state index in [-0.39, 0.29) is 6.61 Å². The molecule has 1 aliphatic rings. The molecule has 0 aliphatic carbocycles. The number of aliphatic hydroxyl groups is 1. The highest BCUT2D eigenvalue weighted by Gasteiger charge is 2.18. The number of fused-ring (bicyclic) bond motifs is 1. The van der Waals surface area contributed by atoms with Gasteiger partial charge in [0.15, 0.2) is 0 Å². The average Bonchev–Trinajstić information content (AvgIpc) is 3.07. The van der Waals surface area contributed by atoms with Gasteiger partial charge in [-0.2, -0.15) is 0 Å². The van der Waals surface area contributed by atoms with Crippen molar-refractivity contribution in [2.75, 3.05) is 44.2 Å². The van der Waals surface area contributed by atoms with Gasteiger partial charge in [-0.05, 0) is 23.8 Å². The van der Waals surface area contributed by atoms with Crippen LogP contribution in [0.3, 0.4) is 0 Å². The summed E-state index contributed by atoms with van der Waals surface area (Å²) in [6, 6.07) is 19.5. The lowest BCUT2D eigenvalue weighted by Crippen LogP contribution is -2.47. The molecule has 0 saturated carbocycles. The van der Waals surface area contributed by atoms with Gasteiger partial charge >= 0.3 is 0 Å². The topological polar surface area (TPSA) is 31.6 Å². The summed E-state index contributed by atoms with van der Waals surface area (Å²) < 4.78 is 2.33. The first-order valence-electron chi connectivity index (χ1n) is 9.05. The molecule has 1 aliphatic heterocycles. The van der Waals surface area contributed by atoms with E-state index in [0.29, 0.717) is 0 Å². The van der Waals surface area contributed by atoms with Gasteiger partial charge in [0.25, 0.3) is 0 Å². The number of anilines is 1. The van der Waals surface area contributed by atoms with Gasteiger partial charge in [-0.15, -0.1) is 0 Å². The maximum atomic E-state index is 9.11. The molecular weight excluding hydrogens is 310 g/mol. The van der Waals surface area contributed by atoms with E-state index in [4.69, 9.17) is 5.11 Å². The molecule has 4 rings (SSSR count). The van der Waals surface area contributed by atoms with E-state index in [1.54, 1.807) is 0 Å². The predicted molar refractivity (Wildman–Crippen MR) is 103 cm³/mol. The molecule has 1 fully saturated rings. The zero-order chi connectivity index (χ0) is 17.1. The third-order valence-corrected chi connectivity index (χ3v) is 5.12. The number of rotatable bonds is 5. The van der Waals surface area contributed by atoms with Crippen LogP contribution in [0.25, 0.3) is 10.9 Å². The second-order valence-corrected chi connectivity index (χ2v) is 6.69. The molecule has 2 heterocycles. The van der Waals surface area contributed by atoms with Crippen molar-refractivity contribution >= 4 is 16.6 Å². The molecule has 0 bridgehead atoms. The van der Waals surface area contributed by atoms with Gasteiger partial charge in [0.05, 0.1) is 12.1 Å². The fourth-order valence-corrected chi connectivity index (χ4v) is 3.75. The quantitative estimate of drug-likeness (QED) is 0.778. The van der Waals surface area contributed by atoms with Gasteiger partial charge in [-0.25, -0.2) is 0 Å². The molecule has 25 heavy (non-hydrogen) atoms. The number of piperazine rings is 1. The van der Waals surface area contributed by atoms with Gasteiger partial charge in [0, 0.05) is 56.5 Å². The molecule has 0 radical (unpaired) electrons. The Kier molecular flexibility index (Phi) is 4.72. The van der Waals surface area contributed by atoms with Crippen LogP contribution in [0.2, 0.25) is 0 Å². The first-order valence-corrected chi connectivity index (χ1v) is 9.05. The lowest BCUT2D eigenvalue weighted by atomic mass is 10.1. The van der Waals surface area contributed by atoms with Crippen molar-refractivity contribution in [1.29, 1.82) is 0 Å². The van der Waals surface area contributed by atoms with E-state index in [0.717, 1.165) is 39.3 Å². The number of aromatic nitrogens is 1. The highest BCUT2D eigenvalue weighted by Crippen LogP contribution is 2.29. The Hall–Kier alpha value is -2.30. The standard InChI is InChI=1S/C21H25N3O/c25-16-15-22-11-13-23(14-12-22)20-7-4-8-21-19(20)9-10-24(21)17-18-5-2-1-3-6-18/h1-10,25H,11-17H2. The molecule has 0 atom stereocenters. The summed E-state index contributed by atoms with van der Waals surface area (Å²) in [5.41, 5.74) is 3.94. The molecule has 1 N–H and O–H groups in total. The summed E-state index contributed by atoms with van der Waals surface area (Å²) in [6.07, 6.45) is 2.20. The van der Waals surface area contributed by atoms with Crippen LogP contribution in [-0.2, 0) is 6.54 Å². The highest BCUT2D eigenvalue weighted by molar-refractivity contribution is 5.93. The van der Waals surface area contributed by atoms with Crippen LogP contribution < -0.4 is 4.90 Å². The molecule has 2 aromatic carbocycles. The van der Waals surface area contributed by atoms with Crippen LogP contribution in [0.4, 0.5) is 5.69 Å². The molecule has 1 aromatic heterocycles. The molecule has 0 amide bonds. The van der Waals surface area contributed by atoms with Crippen molar-refractivity contribution in [2.24, 2.45) is 0 Å². The van der Waals surface area contributed by atoms with E-state index in [9.17, 15) is 0 Å². The Labute approximate surface area is 148 Å². The number of hydrogen-bond donors (Lipinski definition) is 1. The fraction of sp³-hybridized carbons (Fsp3) is 0.333. The van der Waals surface area contributed by atoms with Gasteiger partial charge in [-0.3, -0.25) is 4.90 Å². The van der Waals surface area contributed by atoms with E-state index < -0.39 is 0 Å². The summed E-state index contributed by atoms with van der Waals surface area (Å²) in [7, 11) is 0. The molecule has 4 heteroatoms. The summed E-state index contributed by atoms with van der Waals surface area (Å²) >= 11 is 0. The average molecular weight is 335 g/mol. The van der Waals surface area contributed by atoms with Crippen molar-refractivity contribution in [1.82, 2.24) is 9.47 Å². The fourth-order valence-electron chi connectivity index (χ4n) is 3.75. The SMILES string of the molecule is OCCN1CCN(c2cccc3c2ccn3Cc2ccccc2)CC1. The van der Waals surface area contributed by atoms with Crippen molar-refractivity contribution in [3.63, 3.8) is 0 Å². The number of benzene rings is 2. The van der Waals surface area contributed by atoms with Crippen LogP contribution in [0, 0.1) is 0 Å². The second kappa shape index (κ2) is 7.30. The van der Waals surface area contributed by atoms with Crippen molar-refractivity contribution in [2.45, 2.75) is 6.54 Å². The lowest BCUT2D eigenvalue weighted by Gasteiger charge is -2.36. The van der Waals surface area contributed by atoms with Gasteiger partial charge in [0.1, 0.15) is 0 Å². The van der Waals surface area contributed by atoms with Crippen LogP contribution >= 0.6 is 0 Å². The molecule has 130 valence electrons. The largest absolute Gasteiger partial charge is 0.395 e. The van der Waals surface area contributed by atoms with Crippen molar-refractivity contribution in [3.05, 3.63) is 66.4 Å². The van der Waals surface area contributed by atoms with E-state index in [1.807, 2.05) is 0 Å². The van der Waals surface area contributed by atoms with E-state index >= 15 is 0 Å². The zero-order valence-corrected chi connectivity index (χ0v) is 14.5. The second-order valence-electron chi connectivity index (χ2n) is 6.69. The first-order chi connectivity index (χ1) is 12.3. The number of β-amino-alcohol motifs (C(OH)–C–C–N with tert-alkyl or cyclic N) is 1. The van der Waals surface area contributed by atoms with Gasteiger partial charge < -0.3 is 14.6 Å². The van der Waals surface area contributed by atoms with E-state index in [2.05, 4.69) is 75.2 Å². The Morgan fingerprint density at radius 3 is 2.40 bits per heavy atom. The Balaban J connectivity index is 1.57. The number of nitrogens with zero attached hydrogens (tertiary/aromatic N) is 3. The molecule has 4 nitrogen and oxygen atoms in total. The minimum atomic E-state index is 0.248. The van der Waals surface area contributed by atoms with E-state index in [1.165, 1.54) is 22.2 Å². The highest BCUT2D eigenvalue weighted by atomic mass is 16.3. The minimum Gasteiger partial charge on any atom is -0.395 e. The number of aliphatic hydroxyl groups excluding tert-OH is 1. The molecule has 0 spiro atoms. The van der Waals surface area contributed by atoms with Crippen LogP contribution in [0.1, 0.15) is 5.56 Å². The summed E-state index contributed by atoms with van der Waals surface area (Å²) in [4.78, 5) is 4.81. The Bertz CT molecular complexity index is 820.